The summed E-state index contributed by atoms with van der Waals surface area (Å²) in [5, 5.41) is 2.78. The molecule has 0 unspecified atom stereocenters. The van der Waals surface area contributed by atoms with Gasteiger partial charge in [-0.1, -0.05) is 19.6 Å². The summed E-state index contributed by atoms with van der Waals surface area (Å²) in [5.74, 6) is -1.27. The minimum atomic E-state index is -0.702. The molecule has 0 aromatic carbocycles. The van der Waals surface area contributed by atoms with Gasteiger partial charge in [0.15, 0.2) is 11.5 Å². The van der Waals surface area contributed by atoms with Crippen molar-refractivity contribution in [1.29, 1.82) is 0 Å². The van der Waals surface area contributed by atoms with Crippen molar-refractivity contribution in [3.05, 3.63) is 23.9 Å². The van der Waals surface area contributed by atoms with E-state index in [2.05, 4.69) is 6.58 Å². The first-order valence-corrected chi connectivity index (χ1v) is 6.40. The van der Waals surface area contributed by atoms with Gasteiger partial charge in [0.2, 0.25) is 0 Å². The van der Waals surface area contributed by atoms with Crippen molar-refractivity contribution in [2.24, 2.45) is 5.73 Å². The Kier molecular flexibility index (Phi) is 4.01. The van der Waals surface area contributed by atoms with E-state index in [1.165, 1.54) is 11.1 Å². The molecule has 0 aromatic rings. The number of amides is 1. The molecule has 2 aliphatic rings. The average Bonchev–Trinajstić information content (AvgIpc) is 2.93. The minimum absolute atomic E-state index is 0.00310. The predicted molar refractivity (Wildman–Crippen MR) is 69.9 cm³/mol. The third-order valence-electron chi connectivity index (χ3n) is 3.24. The maximum Gasteiger partial charge on any atom is 0.357 e. The van der Waals surface area contributed by atoms with Crippen molar-refractivity contribution in [3.63, 3.8) is 0 Å². The molecular formula is C13H17N3O4. The molecule has 7 nitrogen and oxygen atoms in total. The Morgan fingerprint density at radius 2 is 2.25 bits per heavy atom. The summed E-state index contributed by atoms with van der Waals surface area (Å²) >= 11 is 0. The van der Waals surface area contributed by atoms with Crippen LogP contribution in [0.1, 0.15) is 13.3 Å². The molecule has 2 aliphatic heterocycles. The van der Waals surface area contributed by atoms with E-state index in [4.69, 9.17) is 10.5 Å². The van der Waals surface area contributed by atoms with Gasteiger partial charge in [-0.2, -0.15) is 0 Å². The molecule has 2 N–H and O–H groups in total. The molecule has 1 amide bonds. The lowest BCUT2D eigenvalue weighted by Crippen LogP contribution is -2.38. The van der Waals surface area contributed by atoms with Crippen molar-refractivity contribution in [2.45, 2.75) is 19.4 Å². The number of ketones is 1. The lowest BCUT2D eigenvalue weighted by Gasteiger charge is -2.20. The fourth-order valence-corrected chi connectivity index (χ4v) is 2.30. The molecule has 0 aromatic heterocycles. The summed E-state index contributed by atoms with van der Waals surface area (Å²) in [6, 6.07) is -0.685. The third kappa shape index (κ3) is 2.25. The average molecular weight is 279 g/mol. The van der Waals surface area contributed by atoms with Crippen LogP contribution in [0.2, 0.25) is 0 Å². The van der Waals surface area contributed by atoms with Gasteiger partial charge in [0.1, 0.15) is 12.6 Å². The van der Waals surface area contributed by atoms with Crippen LogP contribution in [0.25, 0.3) is 0 Å². The van der Waals surface area contributed by atoms with Crippen LogP contribution in [0.5, 0.6) is 0 Å². The van der Waals surface area contributed by atoms with Crippen molar-refractivity contribution in [3.8, 4) is 0 Å². The van der Waals surface area contributed by atoms with Gasteiger partial charge in [0, 0.05) is 25.1 Å². The minimum Gasteiger partial charge on any atom is -0.457 e. The Labute approximate surface area is 116 Å². The second-order valence-corrected chi connectivity index (χ2v) is 4.59. The number of Topliss-reactive ketones (excluding diaryl/α,β-unsaturated/α-hetero) is 1. The molecule has 1 atom stereocenters. The normalized spacial score (nSPS) is 22.2. The van der Waals surface area contributed by atoms with E-state index in [-0.39, 0.29) is 37.6 Å². The van der Waals surface area contributed by atoms with E-state index >= 15 is 0 Å². The zero-order chi connectivity index (χ0) is 14.9. The SMILES string of the molecule is C=CCOC(=O)C1=C(C(=O)CC)CN2C[C@@H](N)C(=O)N12. The molecule has 0 spiro atoms. The van der Waals surface area contributed by atoms with Gasteiger partial charge in [-0.3, -0.25) is 9.59 Å². The highest BCUT2D eigenvalue weighted by Crippen LogP contribution is 2.30. The molecular weight excluding hydrogens is 262 g/mol. The van der Waals surface area contributed by atoms with Gasteiger partial charge in [0.25, 0.3) is 5.91 Å². The van der Waals surface area contributed by atoms with Gasteiger partial charge in [-0.05, 0) is 0 Å². The number of carbonyl (C=O) groups excluding carboxylic acids is 3. The maximum absolute atomic E-state index is 12.1. The Morgan fingerprint density at radius 3 is 2.85 bits per heavy atom. The van der Waals surface area contributed by atoms with Crippen molar-refractivity contribution >= 4 is 17.7 Å². The lowest BCUT2D eigenvalue weighted by atomic mass is 10.1. The number of hydrogen-bond donors (Lipinski definition) is 1. The fourth-order valence-electron chi connectivity index (χ4n) is 2.30. The van der Waals surface area contributed by atoms with Crippen LogP contribution < -0.4 is 5.73 Å². The van der Waals surface area contributed by atoms with Crippen LogP contribution >= 0.6 is 0 Å². The largest absolute Gasteiger partial charge is 0.457 e. The Balaban J connectivity index is 2.36. The summed E-state index contributed by atoms with van der Waals surface area (Å²) in [5.41, 5.74) is 5.98. The standard InChI is InChI=1S/C13H17N3O4/c1-3-5-20-13(19)11-8(10(17)4-2)6-15-7-9(14)12(18)16(11)15/h3,9H,1,4-7,14H2,2H3/t9-/m1/s1. The number of ether oxygens (including phenoxy) is 1. The number of nitrogens with zero attached hydrogens (tertiary/aromatic N) is 2. The monoisotopic (exact) mass is 279 g/mol. The molecule has 0 bridgehead atoms. The number of hydrazine groups is 1. The zero-order valence-corrected chi connectivity index (χ0v) is 11.3. The van der Waals surface area contributed by atoms with E-state index in [0.717, 1.165) is 0 Å². The van der Waals surface area contributed by atoms with Gasteiger partial charge in [-0.15, -0.1) is 0 Å². The van der Waals surface area contributed by atoms with Crippen LogP contribution in [0.3, 0.4) is 0 Å². The molecule has 2 rings (SSSR count). The van der Waals surface area contributed by atoms with Gasteiger partial charge in [-0.25, -0.2) is 14.8 Å². The highest BCUT2D eigenvalue weighted by molar-refractivity contribution is 6.07. The number of hydrogen-bond acceptors (Lipinski definition) is 6. The van der Waals surface area contributed by atoms with Crippen LogP contribution in [-0.4, -0.2) is 53.4 Å². The molecule has 0 saturated carbocycles. The molecule has 20 heavy (non-hydrogen) atoms. The van der Waals surface area contributed by atoms with Crippen molar-refractivity contribution in [2.75, 3.05) is 19.7 Å². The van der Waals surface area contributed by atoms with Gasteiger partial charge >= 0.3 is 5.97 Å². The molecule has 7 heteroatoms. The molecule has 1 saturated heterocycles. The summed E-state index contributed by atoms with van der Waals surface area (Å²) in [6.45, 7) is 5.67. The van der Waals surface area contributed by atoms with E-state index in [9.17, 15) is 14.4 Å². The summed E-state index contributed by atoms with van der Waals surface area (Å²) in [6.07, 6.45) is 1.68. The Morgan fingerprint density at radius 1 is 1.55 bits per heavy atom. The second kappa shape index (κ2) is 5.56. The molecule has 0 aliphatic carbocycles. The first-order chi connectivity index (χ1) is 9.51. The summed E-state index contributed by atoms with van der Waals surface area (Å²) in [7, 11) is 0. The van der Waals surface area contributed by atoms with Crippen molar-refractivity contribution < 1.29 is 19.1 Å². The first kappa shape index (κ1) is 14.4. The highest BCUT2D eigenvalue weighted by atomic mass is 16.5. The predicted octanol–water partition coefficient (Wildman–Crippen LogP) is -0.651. The number of carbonyl (C=O) groups is 3. The lowest BCUT2D eigenvalue weighted by molar-refractivity contribution is -0.146. The van der Waals surface area contributed by atoms with Crippen LogP contribution in [0.4, 0.5) is 0 Å². The molecule has 2 heterocycles. The van der Waals surface area contributed by atoms with Crippen LogP contribution in [-0.2, 0) is 19.1 Å². The van der Waals surface area contributed by atoms with E-state index < -0.39 is 17.9 Å². The summed E-state index contributed by atoms with van der Waals surface area (Å²) in [4.78, 5) is 36.0. The third-order valence-corrected chi connectivity index (χ3v) is 3.24. The van der Waals surface area contributed by atoms with E-state index in [1.54, 1.807) is 11.9 Å². The van der Waals surface area contributed by atoms with Crippen LogP contribution in [0, 0.1) is 0 Å². The van der Waals surface area contributed by atoms with Crippen LogP contribution in [0.15, 0.2) is 23.9 Å². The summed E-state index contributed by atoms with van der Waals surface area (Å²) < 4.78 is 4.96. The number of nitrogens with two attached hydrogens (primary N) is 1. The Hall–Kier alpha value is -1.99. The van der Waals surface area contributed by atoms with Gasteiger partial charge < -0.3 is 10.5 Å². The number of esters is 1. The quantitative estimate of drug-likeness (QED) is 0.531. The zero-order valence-electron chi connectivity index (χ0n) is 11.3. The second-order valence-electron chi connectivity index (χ2n) is 4.59. The van der Waals surface area contributed by atoms with Gasteiger partial charge in [0.05, 0.1) is 0 Å². The van der Waals surface area contributed by atoms with E-state index in [1.807, 2.05) is 0 Å². The van der Waals surface area contributed by atoms with Crippen molar-refractivity contribution in [1.82, 2.24) is 10.0 Å². The fraction of sp³-hybridized carbons (Fsp3) is 0.462. The first-order valence-electron chi connectivity index (χ1n) is 6.40. The Bertz CT molecular complexity index is 512. The topological polar surface area (TPSA) is 92.9 Å². The maximum atomic E-state index is 12.1. The number of rotatable bonds is 5. The molecule has 1 fully saturated rings. The molecule has 0 radical (unpaired) electrons. The molecule has 108 valence electrons. The number of fused-ring (bicyclic) bond motifs is 1. The highest BCUT2D eigenvalue weighted by Gasteiger charge is 2.47. The van der Waals surface area contributed by atoms with E-state index in [0.29, 0.717) is 5.57 Å². The smallest absolute Gasteiger partial charge is 0.357 e.